The maximum atomic E-state index is 11.7. The first-order valence-corrected chi connectivity index (χ1v) is 4.77. The molecule has 6 nitrogen and oxygen atoms in total. The van der Waals surface area contributed by atoms with Crippen LogP contribution in [0.3, 0.4) is 0 Å². The molecule has 84 valence electrons. The Kier molecular flexibility index (Phi) is 2.37. The van der Waals surface area contributed by atoms with Gasteiger partial charge in [0.05, 0.1) is 0 Å². The summed E-state index contributed by atoms with van der Waals surface area (Å²) in [6, 6.07) is 8.61. The van der Waals surface area contributed by atoms with Gasteiger partial charge in [-0.05, 0) is 12.5 Å². The van der Waals surface area contributed by atoms with Crippen LogP contribution in [0.15, 0.2) is 30.3 Å². The average molecular weight is 221 g/mol. The second-order valence-corrected chi connectivity index (χ2v) is 3.73. The van der Waals surface area contributed by atoms with Crippen LogP contribution in [0.1, 0.15) is 12.5 Å². The van der Waals surface area contributed by atoms with E-state index >= 15 is 0 Å². The Bertz CT molecular complexity index is 414. The zero-order valence-electron chi connectivity index (χ0n) is 8.61. The van der Waals surface area contributed by atoms with Crippen LogP contribution in [0, 0.1) is 5.21 Å². The van der Waals surface area contributed by atoms with Gasteiger partial charge >= 0.3 is 0 Å². The molecule has 1 aliphatic heterocycles. The number of hydrogen-bond donors (Lipinski definition) is 3. The molecule has 1 aromatic carbocycles. The van der Waals surface area contributed by atoms with Crippen molar-refractivity contribution >= 4 is 11.8 Å². The Morgan fingerprint density at radius 1 is 1.12 bits per heavy atom. The SMILES string of the molecule is CC1(c2ccccc2)C(=O)N[NH+]([O-])NC1=O. The summed E-state index contributed by atoms with van der Waals surface area (Å²) in [6.45, 7) is 1.49. The molecule has 1 heterocycles. The lowest BCUT2D eigenvalue weighted by Gasteiger charge is -2.36. The van der Waals surface area contributed by atoms with Crippen LogP contribution in [0.25, 0.3) is 0 Å². The molecule has 0 saturated carbocycles. The molecule has 0 aliphatic carbocycles. The maximum Gasteiger partial charge on any atom is 0.287 e. The standard InChI is InChI=1S/C10H11N3O3/c1-10(7-5-3-2-4-6-7)8(14)11-13(16)12-9(10)15/h2-6,13H,1H3,(H,11,14)(H,12,15). The van der Waals surface area contributed by atoms with Crippen molar-refractivity contribution in [2.75, 3.05) is 0 Å². The van der Waals surface area contributed by atoms with E-state index in [2.05, 4.69) is 10.9 Å². The lowest BCUT2D eigenvalue weighted by Crippen LogP contribution is -3.24. The topological polar surface area (TPSA) is 85.7 Å². The van der Waals surface area contributed by atoms with Crippen molar-refractivity contribution in [2.24, 2.45) is 0 Å². The summed E-state index contributed by atoms with van der Waals surface area (Å²) in [7, 11) is 0. The monoisotopic (exact) mass is 221 g/mol. The van der Waals surface area contributed by atoms with Gasteiger partial charge in [0.25, 0.3) is 11.8 Å². The van der Waals surface area contributed by atoms with Crippen molar-refractivity contribution in [3.63, 3.8) is 0 Å². The fraction of sp³-hybridized carbons (Fsp3) is 0.200. The van der Waals surface area contributed by atoms with Gasteiger partial charge in [-0.15, -0.1) is 0 Å². The molecule has 1 aliphatic rings. The third-order valence-corrected chi connectivity index (χ3v) is 2.71. The van der Waals surface area contributed by atoms with E-state index in [-0.39, 0.29) is 0 Å². The molecule has 6 heteroatoms. The Morgan fingerprint density at radius 3 is 2.12 bits per heavy atom. The zero-order chi connectivity index (χ0) is 11.8. The number of benzene rings is 1. The highest BCUT2D eigenvalue weighted by molar-refractivity contribution is 6.10. The van der Waals surface area contributed by atoms with E-state index in [1.54, 1.807) is 30.3 Å². The molecule has 0 unspecified atom stereocenters. The van der Waals surface area contributed by atoms with Crippen molar-refractivity contribution in [2.45, 2.75) is 12.3 Å². The van der Waals surface area contributed by atoms with Gasteiger partial charge in [0.15, 0.2) is 5.41 Å². The van der Waals surface area contributed by atoms with E-state index in [0.717, 1.165) is 0 Å². The van der Waals surface area contributed by atoms with Crippen molar-refractivity contribution in [3.05, 3.63) is 41.1 Å². The Balaban J connectivity index is 2.44. The summed E-state index contributed by atoms with van der Waals surface area (Å²) in [4.78, 5) is 23.5. The molecule has 0 aromatic heterocycles. The predicted molar refractivity (Wildman–Crippen MR) is 54.4 cm³/mol. The number of nitrogens with one attached hydrogen (secondary N) is 3. The molecule has 2 rings (SSSR count). The molecular formula is C10H11N3O3. The summed E-state index contributed by atoms with van der Waals surface area (Å²) in [6.07, 6.45) is 0. The Labute approximate surface area is 91.8 Å². The Hall–Kier alpha value is -1.92. The maximum absolute atomic E-state index is 11.7. The van der Waals surface area contributed by atoms with E-state index in [9.17, 15) is 14.8 Å². The Morgan fingerprint density at radius 2 is 1.62 bits per heavy atom. The summed E-state index contributed by atoms with van der Waals surface area (Å²) in [5.74, 6) is -1.21. The molecule has 3 N–H and O–H groups in total. The summed E-state index contributed by atoms with van der Waals surface area (Å²) >= 11 is 0. The highest BCUT2D eigenvalue weighted by Gasteiger charge is 2.48. The molecule has 16 heavy (non-hydrogen) atoms. The van der Waals surface area contributed by atoms with E-state index < -0.39 is 22.5 Å². The molecule has 1 fully saturated rings. The van der Waals surface area contributed by atoms with Crippen LogP contribution in [-0.2, 0) is 15.0 Å². The van der Waals surface area contributed by atoms with E-state index in [1.807, 2.05) is 0 Å². The van der Waals surface area contributed by atoms with Crippen molar-refractivity contribution in [3.8, 4) is 0 Å². The minimum absolute atomic E-state index is 0.553. The number of quaternary nitrogens is 1. The van der Waals surface area contributed by atoms with Crippen LogP contribution >= 0.6 is 0 Å². The quantitative estimate of drug-likeness (QED) is 0.394. The highest BCUT2D eigenvalue weighted by Crippen LogP contribution is 2.24. The smallest absolute Gasteiger partial charge is 0.287 e. The summed E-state index contributed by atoms with van der Waals surface area (Å²) in [5, 5.41) is 10.2. The molecule has 1 aromatic rings. The lowest BCUT2D eigenvalue weighted by molar-refractivity contribution is -0.925. The zero-order valence-corrected chi connectivity index (χ0v) is 8.61. The van der Waals surface area contributed by atoms with Gasteiger partial charge in [-0.25, -0.2) is 0 Å². The lowest BCUT2D eigenvalue weighted by atomic mass is 9.80. The molecule has 2 amide bonds. The largest absolute Gasteiger partial charge is 0.582 e. The van der Waals surface area contributed by atoms with Crippen LogP contribution in [0.2, 0.25) is 0 Å². The minimum atomic E-state index is -1.35. The third-order valence-electron chi connectivity index (χ3n) is 2.71. The minimum Gasteiger partial charge on any atom is -0.582 e. The molecule has 1 saturated heterocycles. The second-order valence-electron chi connectivity index (χ2n) is 3.73. The van der Waals surface area contributed by atoms with Gasteiger partial charge in [0.1, 0.15) is 0 Å². The average Bonchev–Trinajstić information content (AvgIpc) is 2.27. The van der Waals surface area contributed by atoms with Gasteiger partial charge in [0.2, 0.25) is 0 Å². The van der Waals surface area contributed by atoms with Gasteiger partial charge in [-0.1, -0.05) is 30.3 Å². The number of carbonyl (C=O) groups is 2. The normalized spacial score (nSPS) is 29.5. The van der Waals surface area contributed by atoms with Crippen molar-refractivity contribution < 1.29 is 14.9 Å². The van der Waals surface area contributed by atoms with Gasteiger partial charge < -0.3 is 5.21 Å². The first kappa shape index (κ1) is 10.6. The number of carbonyl (C=O) groups excluding carboxylic acids is 2. The second kappa shape index (κ2) is 3.58. The number of rotatable bonds is 1. The summed E-state index contributed by atoms with van der Waals surface area (Å²) < 4.78 is 0. The van der Waals surface area contributed by atoms with E-state index in [0.29, 0.717) is 5.56 Å². The molecule has 0 spiro atoms. The van der Waals surface area contributed by atoms with E-state index in [1.165, 1.54) is 6.92 Å². The van der Waals surface area contributed by atoms with Crippen LogP contribution in [0.4, 0.5) is 0 Å². The van der Waals surface area contributed by atoms with Crippen molar-refractivity contribution in [1.82, 2.24) is 10.9 Å². The fourth-order valence-corrected chi connectivity index (χ4v) is 1.62. The van der Waals surface area contributed by atoms with Gasteiger partial charge in [-0.3, -0.25) is 9.59 Å². The fourth-order valence-electron chi connectivity index (χ4n) is 1.62. The van der Waals surface area contributed by atoms with E-state index in [4.69, 9.17) is 0 Å². The van der Waals surface area contributed by atoms with Crippen LogP contribution in [0.5, 0.6) is 0 Å². The first-order valence-electron chi connectivity index (χ1n) is 4.77. The molecule has 0 bridgehead atoms. The van der Waals surface area contributed by atoms with Crippen LogP contribution in [-0.4, -0.2) is 11.8 Å². The summed E-state index contributed by atoms with van der Waals surface area (Å²) in [5.41, 5.74) is 3.38. The molecule has 0 radical (unpaired) electrons. The predicted octanol–water partition coefficient (Wildman–Crippen LogP) is -1.60. The first-order chi connectivity index (χ1) is 7.55. The number of hydrogen-bond acceptors (Lipinski definition) is 3. The van der Waals surface area contributed by atoms with Gasteiger partial charge in [0, 0.05) is 0 Å². The molecule has 0 atom stereocenters. The van der Waals surface area contributed by atoms with Crippen LogP contribution < -0.4 is 16.1 Å². The van der Waals surface area contributed by atoms with Crippen molar-refractivity contribution in [1.29, 1.82) is 0 Å². The molecular weight excluding hydrogens is 210 g/mol. The highest BCUT2D eigenvalue weighted by atomic mass is 16.6. The number of amides is 2. The third kappa shape index (κ3) is 1.44. The van der Waals surface area contributed by atoms with Gasteiger partial charge in [-0.2, -0.15) is 16.1 Å².